The predicted molar refractivity (Wildman–Crippen MR) is 134 cm³/mol. The van der Waals surface area contributed by atoms with Gasteiger partial charge in [0.1, 0.15) is 12.4 Å². The van der Waals surface area contributed by atoms with E-state index < -0.39 is 18.1 Å². The zero-order valence-corrected chi connectivity index (χ0v) is 19.9. The van der Waals surface area contributed by atoms with Gasteiger partial charge in [0.05, 0.1) is 11.6 Å². The van der Waals surface area contributed by atoms with Gasteiger partial charge >= 0.3 is 6.09 Å². The molecule has 0 radical (unpaired) electrons. The van der Waals surface area contributed by atoms with E-state index >= 15 is 0 Å². The number of ether oxygens (including phenoxy) is 2. The molecule has 0 aliphatic carbocycles. The molecule has 2 amide bonds. The molecule has 6 heteroatoms. The van der Waals surface area contributed by atoms with Gasteiger partial charge in [-0.1, -0.05) is 66.7 Å². The number of benzene rings is 3. The van der Waals surface area contributed by atoms with Crippen LogP contribution >= 0.6 is 0 Å². The summed E-state index contributed by atoms with van der Waals surface area (Å²) in [5.74, 6) is 0.219. The van der Waals surface area contributed by atoms with Crippen molar-refractivity contribution >= 4 is 22.9 Å². The van der Waals surface area contributed by atoms with E-state index in [4.69, 9.17) is 9.47 Å². The molecule has 1 aromatic heterocycles. The van der Waals surface area contributed by atoms with Crippen LogP contribution in [0.2, 0.25) is 0 Å². The summed E-state index contributed by atoms with van der Waals surface area (Å²) in [6.07, 6.45) is -0.918. The third kappa shape index (κ3) is 4.64. The van der Waals surface area contributed by atoms with Crippen LogP contribution < -0.4 is 4.74 Å². The van der Waals surface area contributed by atoms with Crippen molar-refractivity contribution < 1.29 is 19.1 Å². The molecule has 4 aromatic rings. The van der Waals surface area contributed by atoms with E-state index in [0.717, 1.165) is 28.7 Å². The van der Waals surface area contributed by atoms with Crippen molar-refractivity contribution in [2.45, 2.75) is 39.0 Å². The third-order valence-electron chi connectivity index (χ3n) is 6.46. The lowest BCUT2D eigenvalue weighted by Crippen LogP contribution is -2.46. The van der Waals surface area contributed by atoms with Gasteiger partial charge in [-0.15, -0.1) is 0 Å². The Labute approximate surface area is 204 Å². The molecule has 1 fully saturated rings. The second-order valence-electron chi connectivity index (χ2n) is 8.94. The highest BCUT2D eigenvalue weighted by Crippen LogP contribution is 2.31. The number of hydrogen-bond donors (Lipinski definition) is 0. The quantitative estimate of drug-likeness (QED) is 0.367. The lowest BCUT2D eigenvalue weighted by molar-refractivity contribution is -0.135. The Kier molecular flexibility index (Phi) is 6.27. The number of cyclic esters (lactones) is 1. The zero-order valence-electron chi connectivity index (χ0n) is 19.9. The van der Waals surface area contributed by atoms with Crippen LogP contribution in [0.5, 0.6) is 5.75 Å². The molecule has 1 saturated heterocycles. The molecule has 3 aromatic carbocycles. The lowest BCUT2D eigenvalue weighted by atomic mass is 10.1. The molecule has 5 rings (SSSR count). The maximum absolute atomic E-state index is 13.3. The van der Waals surface area contributed by atoms with Crippen LogP contribution in [-0.4, -0.2) is 40.2 Å². The number of imide groups is 1. The van der Waals surface area contributed by atoms with Crippen LogP contribution in [0.25, 0.3) is 10.9 Å². The van der Waals surface area contributed by atoms with Crippen molar-refractivity contribution in [1.82, 2.24) is 9.47 Å². The monoisotopic (exact) mass is 468 g/mol. The molecule has 178 valence electrons. The van der Waals surface area contributed by atoms with Gasteiger partial charge in [0.15, 0.2) is 6.10 Å². The fraction of sp³-hybridized carbons (Fsp3) is 0.241. The SMILES string of the molecule is Cc1cc2c(O[C@@H](C)C(=O)N3C(=O)OC[C@@H]3Cc3ccccc3)cccc2n1Cc1ccccc1. The molecule has 1 aliphatic heterocycles. The highest BCUT2D eigenvalue weighted by atomic mass is 16.6. The van der Waals surface area contributed by atoms with Crippen LogP contribution in [0.1, 0.15) is 23.7 Å². The molecular weight excluding hydrogens is 440 g/mol. The first-order valence-electron chi connectivity index (χ1n) is 11.8. The summed E-state index contributed by atoms with van der Waals surface area (Å²) >= 11 is 0. The number of aryl methyl sites for hydroxylation is 1. The van der Waals surface area contributed by atoms with Crippen molar-refractivity contribution in [2.75, 3.05) is 6.61 Å². The second kappa shape index (κ2) is 9.66. The molecule has 0 saturated carbocycles. The normalized spacial score (nSPS) is 16.3. The minimum Gasteiger partial charge on any atom is -0.480 e. The number of aromatic nitrogens is 1. The Hall–Kier alpha value is -4.06. The van der Waals surface area contributed by atoms with E-state index in [0.29, 0.717) is 12.2 Å². The number of carbonyl (C=O) groups excluding carboxylic acids is 2. The molecule has 2 atom stereocenters. The number of rotatable bonds is 7. The number of carbonyl (C=O) groups is 2. The van der Waals surface area contributed by atoms with Gasteiger partial charge in [-0.25, -0.2) is 9.69 Å². The van der Waals surface area contributed by atoms with Crippen molar-refractivity contribution in [1.29, 1.82) is 0 Å². The average molecular weight is 469 g/mol. The molecule has 1 aliphatic rings. The molecule has 35 heavy (non-hydrogen) atoms. The summed E-state index contributed by atoms with van der Waals surface area (Å²) in [6.45, 7) is 4.67. The van der Waals surface area contributed by atoms with Crippen molar-refractivity contribution in [3.05, 3.63) is 102 Å². The Bertz CT molecular complexity index is 1350. The maximum atomic E-state index is 13.3. The van der Waals surface area contributed by atoms with Crippen molar-refractivity contribution in [3.63, 3.8) is 0 Å². The smallest absolute Gasteiger partial charge is 0.417 e. The van der Waals surface area contributed by atoms with Gasteiger partial charge < -0.3 is 14.0 Å². The summed E-state index contributed by atoms with van der Waals surface area (Å²) < 4.78 is 13.6. The molecule has 2 heterocycles. The molecule has 0 unspecified atom stereocenters. The van der Waals surface area contributed by atoms with Crippen LogP contribution in [0.15, 0.2) is 84.9 Å². The van der Waals surface area contributed by atoms with Gasteiger partial charge in [-0.3, -0.25) is 4.79 Å². The topological polar surface area (TPSA) is 60.8 Å². The van der Waals surface area contributed by atoms with E-state index in [1.54, 1.807) is 6.92 Å². The Morgan fingerprint density at radius 2 is 1.69 bits per heavy atom. The van der Waals surface area contributed by atoms with E-state index in [9.17, 15) is 9.59 Å². The fourth-order valence-corrected chi connectivity index (χ4v) is 4.67. The highest BCUT2D eigenvalue weighted by molar-refractivity contribution is 5.96. The van der Waals surface area contributed by atoms with Gasteiger partial charge in [0.25, 0.3) is 5.91 Å². The van der Waals surface area contributed by atoms with E-state index in [1.165, 1.54) is 10.5 Å². The molecule has 6 nitrogen and oxygen atoms in total. The predicted octanol–water partition coefficient (Wildman–Crippen LogP) is 5.36. The molecular formula is C29H28N2O4. The first kappa shape index (κ1) is 22.7. The average Bonchev–Trinajstić information content (AvgIpc) is 3.39. The highest BCUT2D eigenvalue weighted by Gasteiger charge is 2.40. The van der Waals surface area contributed by atoms with Crippen LogP contribution in [-0.2, 0) is 22.5 Å². The van der Waals surface area contributed by atoms with E-state index in [1.807, 2.05) is 60.7 Å². The fourth-order valence-electron chi connectivity index (χ4n) is 4.67. The van der Waals surface area contributed by atoms with Crippen molar-refractivity contribution in [2.24, 2.45) is 0 Å². The number of hydrogen-bond acceptors (Lipinski definition) is 4. The van der Waals surface area contributed by atoms with E-state index in [-0.39, 0.29) is 12.6 Å². The summed E-state index contributed by atoms with van der Waals surface area (Å²) in [6, 6.07) is 27.6. The first-order valence-corrected chi connectivity index (χ1v) is 11.8. The molecule has 0 bridgehead atoms. The van der Waals surface area contributed by atoms with Gasteiger partial charge in [0, 0.05) is 17.6 Å². The summed E-state index contributed by atoms with van der Waals surface area (Å²) in [7, 11) is 0. The number of fused-ring (bicyclic) bond motifs is 1. The van der Waals surface area contributed by atoms with Crippen LogP contribution in [0.3, 0.4) is 0 Å². The maximum Gasteiger partial charge on any atom is 0.417 e. The minimum absolute atomic E-state index is 0.184. The summed E-state index contributed by atoms with van der Waals surface area (Å²) in [4.78, 5) is 26.9. The van der Waals surface area contributed by atoms with Gasteiger partial charge in [0.2, 0.25) is 0 Å². The Morgan fingerprint density at radius 1 is 1.00 bits per heavy atom. The number of amides is 2. The minimum atomic E-state index is -0.845. The van der Waals surface area contributed by atoms with Crippen molar-refractivity contribution in [3.8, 4) is 5.75 Å². The number of nitrogens with zero attached hydrogens (tertiary/aromatic N) is 2. The van der Waals surface area contributed by atoms with Crippen LogP contribution in [0, 0.1) is 6.92 Å². The lowest BCUT2D eigenvalue weighted by Gasteiger charge is -2.23. The first-order chi connectivity index (χ1) is 17.0. The Morgan fingerprint density at radius 3 is 2.40 bits per heavy atom. The largest absolute Gasteiger partial charge is 0.480 e. The second-order valence-corrected chi connectivity index (χ2v) is 8.94. The molecule has 0 N–H and O–H groups in total. The van der Waals surface area contributed by atoms with Gasteiger partial charge in [-0.05, 0) is 49.6 Å². The third-order valence-corrected chi connectivity index (χ3v) is 6.46. The summed E-state index contributed by atoms with van der Waals surface area (Å²) in [5.41, 5.74) is 4.39. The van der Waals surface area contributed by atoms with Crippen LogP contribution in [0.4, 0.5) is 4.79 Å². The Balaban J connectivity index is 1.36. The molecule has 0 spiro atoms. The summed E-state index contributed by atoms with van der Waals surface area (Å²) in [5, 5.41) is 0.936. The standard InChI is InChI=1S/C29H28N2O4/c1-20-16-25-26(30(20)18-23-12-7-4-8-13-23)14-9-15-27(25)35-21(2)28(32)31-24(19-34-29(31)33)17-22-10-5-3-6-11-22/h3-16,21,24H,17-19H2,1-2H3/t21-,24-/m0/s1. The van der Waals surface area contributed by atoms with E-state index in [2.05, 4.69) is 35.8 Å². The van der Waals surface area contributed by atoms with Gasteiger partial charge in [-0.2, -0.15) is 0 Å². The zero-order chi connectivity index (χ0) is 24.4.